The summed E-state index contributed by atoms with van der Waals surface area (Å²) in [4.78, 5) is 17.9. The van der Waals surface area contributed by atoms with Crippen LogP contribution in [0.2, 0.25) is 0 Å². The average molecular weight is 351 g/mol. The normalized spacial score (nSPS) is 28.3. The van der Waals surface area contributed by atoms with Gasteiger partial charge in [-0.05, 0) is 29.5 Å². The maximum atomic E-state index is 11.3. The largest absolute Gasteiger partial charge is 0.385 e. The van der Waals surface area contributed by atoms with Crippen LogP contribution < -0.4 is 10.9 Å². The van der Waals surface area contributed by atoms with E-state index >= 15 is 0 Å². The second-order valence-corrected chi connectivity index (χ2v) is 5.19. The summed E-state index contributed by atoms with van der Waals surface area (Å²) in [6.45, 7) is 2.71. The molecule has 1 aliphatic rings. The van der Waals surface area contributed by atoms with Gasteiger partial charge in [0.25, 0.3) is 5.56 Å². The van der Waals surface area contributed by atoms with E-state index in [0.717, 1.165) is 0 Å². The number of halogens is 1. The van der Waals surface area contributed by atoms with Gasteiger partial charge in [-0.2, -0.15) is 0 Å². The van der Waals surface area contributed by atoms with Gasteiger partial charge in [0.15, 0.2) is 0 Å². The summed E-state index contributed by atoms with van der Waals surface area (Å²) in [6, 6.07) is 0. The molecule has 6 nitrogen and oxygen atoms in total. The van der Waals surface area contributed by atoms with Gasteiger partial charge in [0, 0.05) is 19.6 Å². The summed E-state index contributed by atoms with van der Waals surface area (Å²) in [5, 5.41) is 13.3. The van der Waals surface area contributed by atoms with E-state index in [0.29, 0.717) is 29.0 Å². The molecular formula is C10H14IN3O3. The maximum absolute atomic E-state index is 11.3. The SMILES string of the molecule is CC1OCCC1(O)CNc1nc[nH]c(=O)c1I. The molecule has 17 heavy (non-hydrogen) atoms. The summed E-state index contributed by atoms with van der Waals surface area (Å²) in [5.74, 6) is 0.488. The number of rotatable bonds is 3. The fraction of sp³-hybridized carbons (Fsp3) is 0.600. The Hall–Kier alpha value is -0.670. The summed E-state index contributed by atoms with van der Waals surface area (Å²) < 4.78 is 5.82. The third-order valence-corrected chi connectivity index (χ3v) is 4.02. The zero-order valence-electron chi connectivity index (χ0n) is 9.36. The van der Waals surface area contributed by atoms with Crippen LogP contribution in [0, 0.1) is 3.57 Å². The van der Waals surface area contributed by atoms with E-state index in [-0.39, 0.29) is 11.7 Å². The molecule has 2 atom stereocenters. The van der Waals surface area contributed by atoms with Crippen molar-refractivity contribution in [3.8, 4) is 0 Å². The number of anilines is 1. The molecule has 0 radical (unpaired) electrons. The standard InChI is InChI=1S/C10H14IN3O3/c1-6-10(16,2-3-17-6)4-12-8-7(11)9(15)14-5-13-8/h5-6,16H,2-4H2,1H3,(H2,12,13,14,15). The van der Waals surface area contributed by atoms with Crippen LogP contribution in [-0.4, -0.2) is 39.9 Å². The molecule has 3 N–H and O–H groups in total. The molecule has 7 heteroatoms. The smallest absolute Gasteiger partial charge is 0.266 e. The number of aliphatic hydroxyl groups is 1. The lowest BCUT2D eigenvalue weighted by molar-refractivity contribution is -0.0176. The van der Waals surface area contributed by atoms with Crippen molar-refractivity contribution in [3.63, 3.8) is 0 Å². The number of H-pyrrole nitrogens is 1. The number of nitrogens with one attached hydrogen (secondary N) is 2. The second-order valence-electron chi connectivity index (χ2n) is 4.11. The second kappa shape index (κ2) is 4.91. The molecule has 1 aromatic rings. The van der Waals surface area contributed by atoms with Gasteiger partial charge in [0.05, 0.1) is 12.4 Å². The molecule has 2 heterocycles. The average Bonchev–Trinajstić information content (AvgIpc) is 2.62. The van der Waals surface area contributed by atoms with Crippen molar-refractivity contribution in [1.29, 1.82) is 0 Å². The predicted molar refractivity (Wildman–Crippen MR) is 71.0 cm³/mol. The number of aromatic amines is 1. The van der Waals surface area contributed by atoms with Gasteiger partial charge >= 0.3 is 0 Å². The fourth-order valence-electron chi connectivity index (χ4n) is 1.75. The topological polar surface area (TPSA) is 87.2 Å². The van der Waals surface area contributed by atoms with Gasteiger partial charge in [-0.1, -0.05) is 0 Å². The summed E-state index contributed by atoms with van der Waals surface area (Å²) in [6.07, 6.45) is 1.71. The first kappa shape index (κ1) is 12.8. The minimum atomic E-state index is -0.895. The third kappa shape index (κ3) is 2.61. The van der Waals surface area contributed by atoms with Crippen molar-refractivity contribution >= 4 is 28.4 Å². The molecular weight excluding hydrogens is 337 g/mol. The van der Waals surface area contributed by atoms with Crippen LogP contribution in [0.15, 0.2) is 11.1 Å². The van der Waals surface area contributed by atoms with Gasteiger partial charge < -0.3 is 20.1 Å². The van der Waals surface area contributed by atoms with Crippen LogP contribution in [0.3, 0.4) is 0 Å². The quantitative estimate of drug-likeness (QED) is 0.683. The molecule has 1 saturated heterocycles. The van der Waals surface area contributed by atoms with Crippen molar-refractivity contribution in [2.24, 2.45) is 0 Å². The Morgan fingerprint density at radius 2 is 2.59 bits per heavy atom. The summed E-state index contributed by atoms with van der Waals surface area (Å²) >= 11 is 1.92. The van der Waals surface area contributed by atoms with Gasteiger partial charge in [0.1, 0.15) is 15.0 Å². The van der Waals surface area contributed by atoms with Crippen LogP contribution >= 0.6 is 22.6 Å². The first-order valence-electron chi connectivity index (χ1n) is 5.34. The van der Waals surface area contributed by atoms with Crippen LogP contribution in [0.25, 0.3) is 0 Å². The van der Waals surface area contributed by atoms with Crippen LogP contribution in [0.5, 0.6) is 0 Å². The fourth-order valence-corrected chi connectivity index (χ4v) is 2.23. The lowest BCUT2D eigenvalue weighted by Gasteiger charge is -2.26. The summed E-state index contributed by atoms with van der Waals surface area (Å²) in [7, 11) is 0. The minimum Gasteiger partial charge on any atom is -0.385 e. The van der Waals surface area contributed by atoms with E-state index < -0.39 is 5.60 Å². The maximum Gasteiger partial charge on any atom is 0.266 e. The van der Waals surface area contributed by atoms with E-state index in [1.54, 1.807) is 0 Å². The predicted octanol–water partition coefficient (Wildman–Crippen LogP) is 0.326. The number of ether oxygens (including phenoxy) is 1. The van der Waals surface area contributed by atoms with Gasteiger partial charge in [0.2, 0.25) is 0 Å². The molecule has 0 aromatic carbocycles. The summed E-state index contributed by atoms with van der Waals surface area (Å²) in [5.41, 5.74) is -1.08. The van der Waals surface area contributed by atoms with Gasteiger partial charge in [-0.25, -0.2) is 4.98 Å². The highest BCUT2D eigenvalue weighted by molar-refractivity contribution is 14.1. The molecule has 0 saturated carbocycles. The Labute approximate surface area is 112 Å². The molecule has 2 unspecified atom stereocenters. The highest BCUT2D eigenvalue weighted by Gasteiger charge is 2.39. The Morgan fingerprint density at radius 1 is 1.82 bits per heavy atom. The molecule has 0 spiro atoms. The Kier molecular flexibility index (Phi) is 3.69. The zero-order chi connectivity index (χ0) is 12.5. The molecule has 1 aromatic heterocycles. The van der Waals surface area contributed by atoms with E-state index in [9.17, 15) is 9.90 Å². The Morgan fingerprint density at radius 3 is 3.24 bits per heavy atom. The molecule has 94 valence electrons. The molecule has 2 rings (SSSR count). The highest BCUT2D eigenvalue weighted by atomic mass is 127. The third-order valence-electron chi connectivity index (χ3n) is 3.02. The van der Waals surface area contributed by atoms with E-state index in [4.69, 9.17) is 4.74 Å². The molecule has 1 aliphatic heterocycles. The highest BCUT2D eigenvalue weighted by Crippen LogP contribution is 2.26. The molecule has 0 amide bonds. The van der Waals surface area contributed by atoms with Crippen molar-refractivity contribution in [2.75, 3.05) is 18.5 Å². The lowest BCUT2D eigenvalue weighted by Crippen LogP contribution is -2.43. The first-order chi connectivity index (χ1) is 8.03. The van der Waals surface area contributed by atoms with Gasteiger partial charge in [-0.15, -0.1) is 0 Å². The Balaban J connectivity index is 2.07. The minimum absolute atomic E-state index is 0.189. The monoisotopic (exact) mass is 351 g/mol. The number of hydrogen-bond acceptors (Lipinski definition) is 5. The van der Waals surface area contributed by atoms with Crippen molar-refractivity contribution in [1.82, 2.24) is 9.97 Å². The first-order valence-corrected chi connectivity index (χ1v) is 6.42. The van der Waals surface area contributed by atoms with Gasteiger partial charge in [-0.3, -0.25) is 4.79 Å². The zero-order valence-corrected chi connectivity index (χ0v) is 11.5. The molecule has 0 aliphatic carbocycles. The van der Waals surface area contributed by atoms with E-state index in [2.05, 4.69) is 15.3 Å². The van der Waals surface area contributed by atoms with E-state index in [1.807, 2.05) is 29.5 Å². The van der Waals surface area contributed by atoms with Crippen molar-refractivity contribution in [2.45, 2.75) is 25.0 Å². The number of nitrogens with zero attached hydrogens (tertiary/aromatic N) is 1. The number of hydrogen-bond donors (Lipinski definition) is 3. The van der Waals surface area contributed by atoms with Crippen molar-refractivity contribution < 1.29 is 9.84 Å². The molecule has 0 bridgehead atoms. The Bertz CT molecular complexity index is 464. The van der Waals surface area contributed by atoms with Crippen LogP contribution in [0.4, 0.5) is 5.82 Å². The number of aromatic nitrogens is 2. The van der Waals surface area contributed by atoms with E-state index in [1.165, 1.54) is 6.33 Å². The van der Waals surface area contributed by atoms with Crippen LogP contribution in [0.1, 0.15) is 13.3 Å². The molecule has 1 fully saturated rings. The lowest BCUT2D eigenvalue weighted by atomic mass is 9.97. The van der Waals surface area contributed by atoms with Crippen LogP contribution in [-0.2, 0) is 4.74 Å². The van der Waals surface area contributed by atoms with Crippen molar-refractivity contribution in [3.05, 3.63) is 20.3 Å².